The molecule has 1 aromatic heterocycles. The summed E-state index contributed by atoms with van der Waals surface area (Å²) in [7, 11) is 0. The molecule has 0 fully saturated rings. The van der Waals surface area contributed by atoms with Gasteiger partial charge in [0.15, 0.2) is 12.4 Å². The smallest absolute Gasteiger partial charge is 0.311 e. The number of esters is 1. The van der Waals surface area contributed by atoms with Gasteiger partial charge in [0.25, 0.3) is 11.8 Å². The molecule has 2 amide bonds. The standard InChI is InChI=1S/C21H24N2O5/c1-21(2,3)20(26)28-13-18(24)22-15-8-9-16-14(12-15)6-4-10-23(16)19(25)17-7-5-11-27-17/h5,7-9,11-12H,4,6,10,13H2,1-3H3,(H,22,24). The van der Waals surface area contributed by atoms with Gasteiger partial charge in [-0.1, -0.05) is 0 Å². The average Bonchev–Trinajstić information content (AvgIpc) is 3.18. The van der Waals surface area contributed by atoms with Gasteiger partial charge in [-0.15, -0.1) is 0 Å². The van der Waals surface area contributed by atoms with Gasteiger partial charge in [-0.25, -0.2) is 0 Å². The molecule has 0 unspecified atom stereocenters. The highest BCUT2D eigenvalue weighted by atomic mass is 16.5. The normalized spacial score (nSPS) is 13.6. The predicted octanol–water partition coefficient (Wildman–Crippen LogP) is 3.40. The summed E-state index contributed by atoms with van der Waals surface area (Å²) in [6.07, 6.45) is 3.10. The van der Waals surface area contributed by atoms with Gasteiger partial charge in [-0.2, -0.15) is 0 Å². The SMILES string of the molecule is CC(C)(C)C(=O)OCC(=O)Nc1ccc2c(c1)CCCN2C(=O)c1ccco1. The summed E-state index contributed by atoms with van der Waals surface area (Å²) < 4.78 is 10.2. The van der Waals surface area contributed by atoms with Crippen LogP contribution in [0.4, 0.5) is 11.4 Å². The minimum absolute atomic E-state index is 0.183. The fraction of sp³-hybridized carbons (Fsp3) is 0.381. The van der Waals surface area contributed by atoms with Crippen molar-refractivity contribution in [1.82, 2.24) is 0 Å². The van der Waals surface area contributed by atoms with Crippen LogP contribution >= 0.6 is 0 Å². The molecule has 1 aliphatic rings. The van der Waals surface area contributed by atoms with Crippen LogP contribution in [0.3, 0.4) is 0 Å². The zero-order valence-electron chi connectivity index (χ0n) is 16.3. The van der Waals surface area contributed by atoms with Crippen LogP contribution in [-0.2, 0) is 20.7 Å². The van der Waals surface area contributed by atoms with E-state index in [1.165, 1.54) is 6.26 Å². The van der Waals surface area contributed by atoms with Gasteiger partial charge in [-0.05, 0) is 69.5 Å². The van der Waals surface area contributed by atoms with Crippen molar-refractivity contribution in [2.75, 3.05) is 23.4 Å². The molecule has 0 radical (unpaired) electrons. The van der Waals surface area contributed by atoms with Gasteiger partial charge in [0.1, 0.15) is 0 Å². The molecule has 148 valence electrons. The Bertz CT molecular complexity index is 881. The second kappa shape index (κ2) is 7.88. The van der Waals surface area contributed by atoms with Gasteiger partial charge >= 0.3 is 5.97 Å². The van der Waals surface area contributed by atoms with Gasteiger partial charge in [0, 0.05) is 17.9 Å². The number of hydrogen-bond donors (Lipinski definition) is 1. The Morgan fingerprint density at radius 1 is 1.21 bits per heavy atom. The van der Waals surface area contributed by atoms with E-state index in [0.717, 1.165) is 24.1 Å². The van der Waals surface area contributed by atoms with Gasteiger partial charge in [-0.3, -0.25) is 14.4 Å². The first-order chi connectivity index (χ1) is 13.3. The molecule has 1 aromatic carbocycles. The third-order valence-corrected chi connectivity index (χ3v) is 4.41. The molecule has 0 bridgehead atoms. The molecule has 2 heterocycles. The Labute approximate surface area is 163 Å². The first kappa shape index (κ1) is 19.7. The second-order valence-corrected chi connectivity index (χ2v) is 7.76. The fourth-order valence-corrected chi connectivity index (χ4v) is 2.96. The Morgan fingerprint density at radius 3 is 2.68 bits per heavy atom. The molecule has 0 aliphatic carbocycles. The van der Waals surface area contributed by atoms with Gasteiger partial charge in [0.05, 0.1) is 11.7 Å². The second-order valence-electron chi connectivity index (χ2n) is 7.76. The van der Waals surface area contributed by atoms with Crippen molar-refractivity contribution in [3.05, 3.63) is 47.9 Å². The van der Waals surface area contributed by atoms with E-state index in [1.807, 2.05) is 12.1 Å². The Balaban J connectivity index is 1.67. The molecule has 1 N–H and O–H groups in total. The third kappa shape index (κ3) is 4.42. The van der Waals surface area contributed by atoms with Crippen LogP contribution in [0, 0.1) is 5.41 Å². The molecule has 7 heteroatoms. The van der Waals surface area contributed by atoms with Crippen LogP contribution in [0.25, 0.3) is 0 Å². The van der Waals surface area contributed by atoms with Crippen LogP contribution < -0.4 is 10.2 Å². The molecule has 0 saturated heterocycles. The maximum atomic E-state index is 12.6. The number of carbonyl (C=O) groups is 3. The lowest BCUT2D eigenvalue weighted by Crippen LogP contribution is -2.35. The molecule has 2 aromatic rings. The largest absolute Gasteiger partial charge is 0.459 e. The summed E-state index contributed by atoms with van der Waals surface area (Å²) in [5, 5.41) is 2.73. The van der Waals surface area contributed by atoms with Crippen LogP contribution in [0.5, 0.6) is 0 Å². The predicted molar refractivity (Wildman–Crippen MR) is 104 cm³/mol. The minimum atomic E-state index is -0.657. The lowest BCUT2D eigenvalue weighted by atomic mass is 9.97. The molecule has 0 saturated carbocycles. The lowest BCUT2D eigenvalue weighted by Gasteiger charge is -2.29. The molecule has 3 rings (SSSR count). The fourth-order valence-electron chi connectivity index (χ4n) is 2.96. The van der Waals surface area contributed by atoms with Crippen molar-refractivity contribution in [2.24, 2.45) is 5.41 Å². The van der Waals surface area contributed by atoms with Crippen molar-refractivity contribution >= 4 is 29.2 Å². The van der Waals surface area contributed by atoms with Crippen molar-refractivity contribution < 1.29 is 23.5 Å². The number of nitrogens with one attached hydrogen (secondary N) is 1. The van der Waals surface area contributed by atoms with Crippen molar-refractivity contribution in [2.45, 2.75) is 33.6 Å². The molecule has 7 nitrogen and oxygen atoms in total. The Kier molecular flexibility index (Phi) is 5.53. The summed E-state index contributed by atoms with van der Waals surface area (Å²) >= 11 is 0. The summed E-state index contributed by atoms with van der Waals surface area (Å²) in [5.74, 6) is -0.722. The molecular weight excluding hydrogens is 360 g/mol. The first-order valence-corrected chi connectivity index (χ1v) is 9.21. The van der Waals surface area contributed by atoms with Gasteiger partial charge in [0.2, 0.25) is 0 Å². The highest BCUT2D eigenvalue weighted by Gasteiger charge is 2.26. The molecule has 28 heavy (non-hydrogen) atoms. The number of rotatable bonds is 4. The van der Waals surface area contributed by atoms with Crippen LogP contribution in [0.1, 0.15) is 43.3 Å². The maximum absolute atomic E-state index is 12.6. The summed E-state index contributed by atoms with van der Waals surface area (Å²) in [5.41, 5.74) is 1.72. The third-order valence-electron chi connectivity index (χ3n) is 4.41. The zero-order chi connectivity index (χ0) is 20.3. The highest BCUT2D eigenvalue weighted by molar-refractivity contribution is 6.05. The Morgan fingerprint density at radius 2 is 2.00 bits per heavy atom. The average molecular weight is 384 g/mol. The van der Waals surface area contributed by atoms with Crippen molar-refractivity contribution in [3.63, 3.8) is 0 Å². The number of amides is 2. The summed E-state index contributed by atoms with van der Waals surface area (Å²) in [6, 6.07) is 8.72. The molecular formula is C21H24N2O5. The van der Waals surface area contributed by atoms with E-state index < -0.39 is 17.3 Å². The van der Waals surface area contributed by atoms with Gasteiger partial charge < -0.3 is 19.4 Å². The number of ether oxygens (including phenoxy) is 1. The number of aryl methyl sites for hydroxylation is 1. The molecule has 1 aliphatic heterocycles. The van der Waals surface area contributed by atoms with E-state index in [2.05, 4.69) is 5.32 Å². The first-order valence-electron chi connectivity index (χ1n) is 9.21. The number of anilines is 2. The maximum Gasteiger partial charge on any atom is 0.311 e. The number of furan rings is 1. The van der Waals surface area contributed by atoms with E-state index in [-0.39, 0.29) is 12.5 Å². The van der Waals surface area contributed by atoms with E-state index in [4.69, 9.17) is 9.15 Å². The number of hydrogen-bond acceptors (Lipinski definition) is 5. The quantitative estimate of drug-likeness (QED) is 0.816. The summed E-state index contributed by atoms with van der Waals surface area (Å²) in [4.78, 5) is 38.2. The minimum Gasteiger partial charge on any atom is -0.459 e. The molecule has 0 spiro atoms. The van der Waals surface area contributed by atoms with Crippen molar-refractivity contribution in [3.8, 4) is 0 Å². The van der Waals surface area contributed by atoms with E-state index in [0.29, 0.717) is 18.0 Å². The van der Waals surface area contributed by atoms with E-state index in [9.17, 15) is 14.4 Å². The summed E-state index contributed by atoms with van der Waals surface area (Å²) in [6.45, 7) is 5.46. The number of fused-ring (bicyclic) bond motifs is 1. The number of benzene rings is 1. The lowest BCUT2D eigenvalue weighted by molar-refractivity contribution is -0.155. The number of nitrogens with zero attached hydrogens (tertiary/aromatic N) is 1. The van der Waals surface area contributed by atoms with Crippen LogP contribution in [0.2, 0.25) is 0 Å². The number of carbonyl (C=O) groups excluding carboxylic acids is 3. The topological polar surface area (TPSA) is 88.9 Å². The van der Waals surface area contributed by atoms with Crippen LogP contribution in [0.15, 0.2) is 41.0 Å². The van der Waals surface area contributed by atoms with E-state index in [1.54, 1.807) is 43.9 Å². The molecule has 0 atom stereocenters. The van der Waals surface area contributed by atoms with Crippen LogP contribution in [-0.4, -0.2) is 30.9 Å². The Hall–Kier alpha value is -3.09. The van der Waals surface area contributed by atoms with Crippen molar-refractivity contribution in [1.29, 1.82) is 0 Å². The highest BCUT2D eigenvalue weighted by Crippen LogP contribution is 2.31. The van der Waals surface area contributed by atoms with E-state index >= 15 is 0 Å². The zero-order valence-corrected chi connectivity index (χ0v) is 16.3. The monoisotopic (exact) mass is 384 g/mol.